The van der Waals surface area contributed by atoms with Gasteiger partial charge in [-0.1, -0.05) is 18.2 Å². The lowest BCUT2D eigenvalue weighted by Gasteiger charge is -2.22. The van der Waals surface area contributed by atoms with Crippen LogP contribution in [-0.4, -0.2) is 17.1 Å². The van der Waals surface area contributed by atoms with Crippen molar-refractivity contribution in [3.05, 3.63) is 81.5 Å². The van der Waals surface area contributed by atoms with Crippen molar-refractivity contribution in [3.8, 4) is 23.6 Å². The fourth-order valence-electron chi connectivity index (χ4n) is 2.57. The number of benzene rings is 2. The minimum absolute atomic E-state index is 0.0905. The quantitative estimate of drug-likeness (QED) is 0.465. The van der Waals surface area contributed by atoms with Crippen LogP contribution >= 0.6 is 0 Å². The van der Waals surface area contributed by atoms with Crippen molar-refractivity contribution in [3.63, 3.8) is 0 Å². The summed E-state index contributed by atoms with van der Waals surface area (Å²) in [5, 5.41) is 9.37. The molecule has 0 aliphatic carbocycles. The molecule has 3 aromatic rings. The lowest BCUT2D eigenvalue weighted by molar-refractivity contribution is -0.140. The molecule has 7 nitrogen and oxygen atoms in total. The summed E-state index contributed by atoms with van der Waals surface area (Å²) in [6, 6.07) is 11.2. The molecule has 0 saturated carbocycles. The van der Waals surface area contributed by atoms with Crippen molar-refractivity contribution >= 4 is 0 Å². The fraction of sp³-hybridized carbons (Fsp3) is 0.150. The van der Waals surface area contributed by atoms with Crippen LogP contribution in [0.15, 0.2) is 53.3 Å². The van der Waals surface area contributed by atoms with Gasteiger partial charge in [0.1, 0.15) is 11.6 Å². The van der Waals surface area contributed by atoms with Crippen LogP contribution in [0.4, 0.5) is 17.6 Å². The summed E-state index contributed by atoms with van der Waals surface area (Å²) in [5.41, 5.74) is -2.09. The Morgan fingerprint density at radius 1 is 1.13 bits per heavy atom. The molecule has 1 N–H and O–H groups in total. The van der Waals surface area contributed by atoms with Gasteiger partial charge in [0.05, 0.1) is 35.9 Å². The van der Waals surface area contributed by atoms with Crippen molar-refractivity contribution in [2.45, 2.75) is 12.5 Å². The van der Waals surface area contributed by atoms with E-state index in [0.717, 1.165) is 6.07 Å². The number of nitrogens with zero attached hydrogens (tertiary/aromatic N) is 2. The minimum atomic E-state index is -4.95. The maximum Gasteiger partial charge on any atom is 0.419 e. The van der Waals surface area contributed by atoms with Gasteiger partial charge in [0.2, 0.25) is 11.8 Å². The summed E-state index contributed by atoms with van der Waals surface area (Å²) in [6.45, 7) is 0. The van der Waals surface area contributed by atoms with Gasteiger partial charge in [-0.15, -0.1) is 0 Å². The summed E-state index contributed by atoms with van der Waals surface area (Å²) < 4.78 is 68.8. The lowest BCUT2D eigenvalue weighted by Crippen LogP contribution is -2.20. The number of nitriles is 1. The number of ether oxygens (including phenoxy) is 3. The van der Waals surface area contributed by atoms with E-state index in [1.54, 1.807) is 12.1 Å². The van der Waals surface area contributed by atoms with Crippen LogP contribution in [0.1, 0.15) is 23.0 Å². The van der Waals surface area contributed by atoms with Crippen LogP contribution in [0.3, 0.4) is 0 Å². The van der Waals surface area contributed by atoms with Gasteiger partial charge in [-0.05, 0) is 24.3 Å². The highest BCUT2D eigenvalue weighted by Gasteiger charge is 2.35. The highest BCUT2D eigenvalue weighted by molar-refractivity contribution is 5.40. The zero-order valence-electron chi connectivity index (χ0n) is 15.7. The molecule has 0 aliphatic heterocycles. The van der Waals surface area contributed by atoms with Gasteiger partial charge >= 0.3 is 11.9 Å². The SMILES string of the molecule is COc1cc(OC(Oc2ccc(F)c(C(F)(F)F)c2)c2ccccc2C#N)[nH]c(=O)n1. The Bertz CT molecular complexity index is 1190. The van der Waals surface area contributed by atoms with Crippen LogP contribution in [0.5, 0.6) is 17.5 Å². The maximum atomic E-state index is 13.6. The van der Waals surface area contributed by atoms with E-state index in [1.807, 2.05) is 6.07 Å². The number of rotatable bonds is 6. The Morgan fingerprint density at radius 2 is 1.87 bits per heavy atom. The van der Waals surface area contributed by atoms with E-state index >= 15 is 0 Å². The van der Waals surface area contributed by atoms with Crippen molar-refractivity contribution < 1.29 is 31.8 Å². The third-order valence-electron chi connectivity index (χ3n) is 3.96. The minimum Gasteiger partial charge on any atom is -0.481 e. The zero-order chi connectivity index (χ0) is 22.6. The van der Waals surface area contributed by atoms with Gasteiger partial charge < -0.3 is 14.2 Å². The van der Waals surface area contributed by atoms with E-state index in [0.29, 0.717) is 12.1 Å². The van der Waals surface area contributed by atoms with Gasteiger partial charge in [-0.3, -0.25) is 4.98 Å². The molecule has 1 heterocycles. The Hall–Kier alpha value is -4.07. The Kier molecular flexibility index (Phi) is 6.10. The van der Waals surface area contributed by atoms with E-state index in [2.05, 4.69) is 9.97 Å². The summed E-state index contributed by atoms with van der Waals surface area (Å²) in [7, 11) is 1.27. The Labute approximate surface area is 172 Å². The molecule has 1 atom stereocenters. The number of hydrogen-bond donors (Lipinski definition) is 1. The number of halogens is 4. The fourth-order valence-corrected chi connectivity index (χ4v) is 2.57. The smallest absolute Gasteiger partial charge is 0.419 e. The largest absolute Gasteiger partial charge is 0.481 e. The standard InChI is InChI=1S/C20H13F4N3O4/c1-29-16-9-17(27-19(28)26-16)31-18(13-5-3-2-4-11(13)10-25)30-12-6-7-15(21)14(8-12)20(22,23)24/h2-9,18H,1H3,(H,26,27,28). The molecule has 2 aromatic carbocycles. The Morgan fingerprint density at radius 3 is 2.55 bits per heavy atom. The monoisotopic (exact) mass is 435 g/mol. The molecule has 3 rings (SSSR count). The highest BCUT2D eigenvalue weighted by Crippen LogP contribution is 2.35. The highest BCUT2D eigenvalue weighted by atomic mass is 19.4. The first-order valence-electron chi connectivity index (χ1n) is 8.55. The van der Waals surface area contributed by atoms with E-state index in [9.17, 15) is 27.6 Å². The summed E-state index contributed by atoms with van der Waals surface area (Å²) in [5.74, 6) is -2.13. The van der Waals surface area contributed by atoms with Crippen molar-refractivity contribution in [1.82, 2.24) is 9.97 Å². The van der Waals surface area contributed by atoms with E-state index in [-0.39, 0.29) is 28.6 Å². The number of alkyl halides is 3. The normalized spacial score (nSPS) is 12.0. The lowest BCUT2D eigenvalue weighted by atomic mass is 10.1. The van der Waals surface area contributed by atoms with Crippen LogP contribution in [0.2, 0.25) is 0 Å². The molecule has 1 aromatic heterocycles. The molecule has 0 bridgehead atoms. The average Bonchev–Trinajstić information content (AvgIpc) is 2.73. The van der Waals surface area contributed by atoms with Crippen LogP contribution in [0, 0.1) is 17.1 Å². The molecule has 31 heavy (non-hydrogen) atoms. The number of nitrogens with one attached hydrogen (secondary N) is 1. The molecule has 0 amide bonds. The topological polar surface area (TPSA) is 97.2 Å². The molecule has 0 aliphatic rings. The van der Waals surface area contributed by atoms with Gasteiger partial charge in [0.25, 0.3) is 6.29 Å². The predicted molar refractivity (Wildman–Crippen MR) is 98.0 cm³/mol. The number of hydrogen-bond acceptors (Lipinski definition) is 6. The van der Waals surface area contributed by atoms with Crippen molar-refractivity contribution in [2.75, 3.05) is 7.11 Å². The molecule has 1 unspecified atom stereocenters. The number of methoxy groups -OCH3 is 1. The second kappa shape index (κ2) is 8.74. The van der Waals surface area contributed by atoms with Gasteiger partial charge in [-0.25, -0.2) is 9.18 Å². The average molecular weight is 435 g/mol. The zero-order valence-corrected chi connectivity index (χ0v) is 15.7. The molecule has 11 heteroatoms. The van der Waals surface area contributed by atoms with Crippen LogP contribution in [-0.2, 0) is 6.18 Å². The molecule has 160 valence electrons. The first-order valence-corrected chi connectivity index (χ1v) is 8.55. The van der Waals surface area contributed by atoms with E-state index < -0.39 is 29.5 Å². The van der Waals surface area contributed by atoms with Crippen LogP contribution < -0.4 is 19.9 Å². The third kappa shape index (κ3) is 5.11. The molecule has 0 saturated heterocycles. The first kappa shape index (κ1) is 21.6. The van der Waals surface area contributed by atoms with Crippen molar-refractivity contribution in [1.29, 1.82) is 5.26 Å². The number of H-pyrrole nitrogens is 1. The van der Waals surface area contributed by atoms with Gasteiger partial charge in [0, 0.05) is 0 Å². The second-order valence-corrected chi connectivity index (χ2v) is 6.00. The predicted octanol–water partition coefficient (Wildman–Crippen LogP) is 3.96. The van der Waals surface area contributed by atoms with Gasteiger partial charge in [-0.2, -0.15) is 23.4 Å². The maximum absolute atomic E-state index is 13.6. The summed E-state index contributed by atoms with van der Waals surface area (Å²) >= 11 is 0. The molecule has 0 radical (unpaired) electrons. The summed E-state index contributed by atoms with van der Waals surface area (Å²) in [6.07, 6.45) is -6.43. The second-order valence-electron chi connectivity index (χ2n) is 6.00. The van der Waals surface area contributed by atoms with E-state index in [1.165, 1.54) is 25.3 Å². The molecule has 0 fully saturated rings. The molecular formula is C20H13F4N3O4. The van der Waals surface area contributed by atoms with Crippen molar-refractivity contribution in [2.24, 2.45) is 0 Å². The summed E-state index contributed by atoms with van der Waals surface area (Å²) in [4.78, 5) is 17.5. The van der Waals surface area contributed by atoms with E-state index in [4.69, 9.17) is 14.2 Å². The Balaban J connectivity index is 2.04. The molecule has 0 spiro atoms. The first-order chi connectivity index (χ1) is 14.7. The number of aromatic nitrogens is 2. The molecular weight excluding hydrogens is 422 g/mol. The number of aromatic amines is 1. The van der Waals surface area contributed by atoms with Crippen LogP contribution in [0.25, 0.3) is 0 Å². The third-order valence-corrected chi connectivity index (χ3v) is 3.96. The van der Waals surface area contributed by atoms with Gasteiger partial charge in [0.15, 0.2) is 0 Å².